The standard InChI is InChI=1S/C15H17ClOSi/c1-13-7-5-6-10-15(13)18(17-12-11-16)14-8-3-2-4-9-14/h2-10,18H,11-12H2,1H3. The average molecular weight is 277 g/mol. The molecule has 1 unspecified atom stereocenters. The first-order valence-electron chi connectivity index (χ1n) is 6.11. The van der Waals surface area contributed by atoms with Crippen LogP contribution in [0.2, 0.25) is 0 Å². The van der Waals surface area contributed by atoms with Gasteiger partial charge in [0.1, 0.15) is 0 Å². The molecule has 2 aromatic carbocycles. The van der Waals surface area contributed by atoms with Crippen molar-refractivity contribution in [2.24, 2.45) is 0 Å². The lowest BCUT2D eigenvalue weighted by Crippen LogP contribution is -2.46. The molecule has 0 N–H and O–H groups in total. The van der Waals surface area contributed by atoms with Gasteiger partial charge in [-0.1, -0.05) is 54.6 Å². The summed E-state index contributed by atoms with van der Waals surface area (Å²) in [4.78, 5) is 0. The van der Waals surface area contributed by atoms with E-state index in [1.165, 1.54) is 15.9 Å². The molecule has 0 radical (unpaired) electrons. The van der Waals surface area contributed by atoms with E-state index in [1.807, 2.05) is 6.07 Å². The molecule has 3 heteroatoms. The van der Waals surface area contributed by atoms with E-state index in [0.29, 0.717) is 12.5 Å². The van der Waals surface area contributed by atoms with E-state index in [1.54, 1.807) is 0 Å². The van der Waals surface area contributed by atoms with Crippen LogP contribution in [0.1, 0.15) is 5.56 Å². The molecule has 2 aromatic rings. The van der Waals surface area contributed by atoms with Crippen molar-refractivity contribution in [1.82, 2.24) is 0 Å². The number of hydrogen-bond donors (Lipinski definition) is 0. The molecular formula is C15H17ClOSi. The Morgan fingerprint density at radius 1 is 1.00 bits per heavy atom. The smallest absolute Gasteiger partial charge is 0.240 e. The van der Waals surface area contributed by atoms with Gasteiger partial charge in [0.25, 0.3) is 0 Å². The molecule has 1 nitrogen and oxygen atoms in total. The molecule has 0 saturated heterocycles. The zero-order valence-corrected chi connectivity index (χ0v) is 12.4. The zero-order valence-electron chi connectivity index (χ0n) is 10.5. The van der Waals surface area contributed by atoms with Crippen LogP contribution in [0.3, 0.4) is 0 Å². The van der Waals surface area contributed by atoms with Crippen LogP contribution in [0.5, 0.6) is 0 Å². The van der Waals surface area contributed by atoms with E-state index < -0.39 is 9.04 Å². The van der Waals surface area contributed by atoms with Crippen LogP contribution < -0.4 is 10.4 Å². The number of rotatable bonds is 5. The predicted molar refractivity (Wildman–Crippen MR) is 80.7 cm³/mol. The molecule has 0 aliphatic rings. The zero-order chi connectivity index (χ0) is 12.8. The Morgan fingerprint density at radius 2 is 1.67 bits per heavy atom. The molecule has 0 aliphatic carbocycles. The van der Waals surface area contributed by atoms with Gasteiger partial charge < -0.3 is 4.43 Å². The van der Waals surface area contributed by atoms with Crippen LogP contribution in [0.4, 0.5) is 0 Å². The van der Waals surface area contributed by atoms with E-state index in [2.05, 4.69) is 55.5 Å². The summed E-state index contributed by atoms with van der Waals surface area (Å²) < 4.78 is 6.05. The van der Waals surface area contributed by atoms with Gasteiger partial charge in [-0.25, -0.2) is 0 Å². The summed E-state index contributed by atoms with van der Waals surface area (Å²) >= 11 is 5.76. The minimum absolute atomic E-state index is 0.544. The summed E-state index contributed by atoms with van der Waals surface area (Å²) in [6.45, 7) is 2.75. The summed E-state index contributed by atoms with van der Waals surface area (Å²) in [5, 5.41) is 2.64. The van der Waals surface area contributed by atoms with Crippen LogP contribution in [0.15, 0.2) is 54.6 Å². The topological polar surface area (TPSA) is 9.23 Å². The molecule has 0 bridgehead atoms. The SMILES string of the molecule is Cc1ccccc1[SiH](OCCCl)c1ccccc1. The van der Waals surface area contributed by atoms with Gasteiger partial charge in [-0.3, -0.25) is 0 Å². The highest BCUT2D eigenvalue weighted by Crippen LogP contribution is 2.00. The van der Waals surface area contributed by atoms with E-state index in [9.17, 15) is 0 Å². The summed E-state index contributed by atoms with van der Waals surface area (Å²) in [7, 11) is -1.59. The van der Waals surface area contributed by atoms with Gasteiger partial charge in [-0.15, -0.1) is 11.6 Å². The van der Waals surface area contributed by atoms with Gasteiger partial charge in [-0.2, -0.15) is 0 Å². The number of benzene rings is 2. The first-order valence-corrected chi connectivity index (χ1v) is 8.27. The van der Waals surface area contributed by atoms with E-state index >= 15 is 0 Å². The highest BCUT2D eigenvalue weighted by atomic mass is 35.5. The summed E-state index contributed by atoms with van der Waals surface area (Å²) in [5.41, 5.74) is 1.30. The largest absolute Gasteiger partial charge is 0.410 e. The van der Waals surface area contributed by atoms with Gasteiger partial charge in [0.15, 0.2) is 0 Å². The second-order valence-corrected chi connectivity index (χ2v) is 6.97. The Bertz CT molecular complexity index is 487. The third kappa shape index (κ3) is 3.22. The Labute approximate surface area is 115 Å². The predicted octanol–water partition coefficient (Wildman–Crippen LogP) is 2.09. The molecule has 94 valence electrons. The van der Waals surface area contributed by atoms with E-state index in [4.69, 9.17) is 16.0 Å². The van der Waals surface area contributed by atoms with Crippen molar-refractivity contribution in [3.63, 3.8) is 0 Å². The summed E-state index contributed by atoms with van der Waals surface area (Å²) in [6, 6.07) is 18.9. The molecule has 0 aliphatic heterocycles. The van der Waals surface area contributed by atoms with Crippen LogP contribution >= 0.6 is 11.6 Å². The first-order chi connectivity index (χ1) is 8.83. The number of alkyl halides is 1. The second kappa shape index (κ2) is 6.74. The highest BCUT2D eigenvalue weighted by molar-refractivity contribution is 6.80. The Morgan fingerprint density at radius 3 is 2.33 bits per heavy atom. The van der Waals surface area contributed by atoms with Crippen LogP contribution in [-0.2, 0) is 4.43 Å². The third-order valence-corrected chi connectivity index (χ3v) is 5.86. The van der Waals surface area contributed by atoms with Gasteiger partial charge in [0.2, 0.25) is 9.04 Å². The minimum Gasteiger partial charge on any atom is -0.410 e. The first kappa shape index (κ1) is 13.3. The lowest BCUT2D eigenvalue weighted by atomic mass is 10.2. The molecular weight excluding hydrogens is 260 g/mol. The molecule has 0 aromatic heterocycles. The molecule has 2 rings (SSSR count). The van der Waals surface area contributed by atoms with Crippen molar-refractivity contribution in [3.8, 4) is 0 Å². The average Bonchev–Trinajstić information content (AvgIpc) is 2.42. The lowest BCUT2D eigenvalue weighted by molar-refractivity contribution is 0.360. The maximum absolute atomic E-state index is 6.05. The number of halogens is 1. The van der Waals surface area contributed by atoms with Gasteiger partial charge in [0.05, 0.1) is 0 Å². The fraction of sp³-hybridized carbons (Fsp3) is 0.200. The molecule has 1 atom stereocenters. The van der Waals surface area contributed by atoms with Crippen molar-refractivity contribution >= 4 is 31.0 Å². The molecule has 18 heavy (non-hydrogen) atoms. The molecule has 0 saturated carbocycles. The van der Waals surface area contributed by atoms with Crippen molar-refractivity contribution in [2.75, 3.05) is 12.5 Å². The van der Waals surface area contributed by atoms with Crippen molar-refractivity contribution in [3.05, 3.63) is 60.2 Å². The van der Waals surface area contributed by atoms with Crippen LogP contribution in [0.25, 0.3) is 0 Å². The minimum atomic E-state index is -1.59. The van der Waals surface area contributed by atoms with Crippen LogP contribution in [0, 0.1) is 6.92 Å². The molecule has 0 fully saturated rings. The van der Waals surface area contributed by atoms with E-state index in [0.717, 1.165) is 0 Å². The molecule has 0 amide bonds. The maximum atomic E-state index is 6.05. The Balaban J connectivity index is 2.34. The van der Waals surface area contributed by atoms with Gasteiger partial charge in [-0.05, 0) is 22.9 Å². The van der Waals surface area contributed by atoms with Crippen molar-refractivity contribution < 1.29 is 4.43 Å². The molecule has 0 heterocycles. The van der Waals surface area contributed by atoms with Gasteiger partial charge in [0, 0.05) is 12.5 Å². The quantitative estimate of drug-likeness (QED) is 0.600. The third-order valence-electron chi connectivity index (χ3n) is 2.93. The second-order valence-electron chi connectivity index (χ2n) is 4.21. The highest BCUT2D eigenvalue weighted by Gasteiger charge is 2.18. The fourth-order valence-electron chi connectivity index (χ4n) is 2.04. The maximum Gasteiger partial charge on any atom is 0.240 e. The normalized spacial score (nSPS) is 12.3. The van der Waals surface area contributed by atoms with Crippen molar-refractivity contribution in [1.29, 1.82) is 0 Å². The lowest BCUT2D eigenvalue weighted by Gasteiger charge is -2.18. The van der Waals surface area contributed by atoms with Crippen LogP contribution in [-0.4, -0.2) is 21.5 Å². The monoisotopic (exact) mass is 276 g/mol. The Hall–Kier alpha value is -1.09. The number of hydrogen-bond acceptors (Lipinski definition) is 1. The van der Waals surface area contributed by atoms with E-state index in [-0.39, 0.29) is 0 Å². The Kier molecular flexibility index (Phi) is 4.99. The molecule has 0 spiro atoms. The van der Waals surface area contributed by atoms with Crippen molar-refractivity contribution in [2.45, 2.75) is 6.92 Å². The summed E-state index contributed by atoms with van der Waals surface area (Å²) in [6.07, 6.45) is 0. The fourth-order valence-corrected chi connectivity index (χ4v) is 4.73. The summed E-state index contributed by atoms with van der Waals surface area (Å²) in [5.74, 6) is 0.544. The van der Waals surface area contributed by atoms with Gasteiger partial charge >= 0.3 is 0 Å². The number of aryl methyl sites for hydroxylation is 1.